The normalized spacial score (nSPS) is 24.1. The van der Waals surface area contributed by atoms with Gasteiger partial charge in [0.1, 0.15) is 24.4 Å². The third-order valence-corrected chi connectivity index (χ3v) is 14.6. The predicted octanol–water partition coefficient (Wildman–Crippen LogP) is 6.13. The number of carbonyl (C=O) groups is 3. The number of hydrazine groups is 1. The average Bonchev–Trinajstić information content (AvgIpc) is 3.89. The molecule has 336 valence electrons. The van der Waals surface area contributed by atoms with Crippen LogP contribution in [-0.4, -0.2) is 114 Å². The number of amides is 2. The van der Waals surface area contributed by atoms with E-state index >= 15 is 0 Å². The van der Waals surface area contributed by atoms with Crippen molar-refractivity contribution >= 4 is 45.7 Å². The van der Waals surface area contributed by atoms with Crippen molar-refractivity contribution in [3.05, 3.63) is 81.9 Å². The van der Waals surface area contributed by atoms with E-state index in [2.05, 4.69) is 64.2 Å². The lowest BCUT2D eigenvalue weighted by atomic mass is 9.84. The number of likely N-dealkylation sites (N-methyl/N-ethyl adjacent to an activating group) is 1. The SMILES string of the molecule is CO[C@@H](C)c1ncc(N2CCN(C)CC2)cc1-c1c2c3cc(cc4c3n1CCO4)-c1csc(n1)C[C@H](NC(=O)[C@H]1C[C@@H]1c1ccccc1)C(=O)N1CCC[C@H](N1)C(=O)OCC(C)(C)C2. The summed E-state index contributed by atoms with van der Waals surface area (Å²) in [6, 6.07) is 15.0. The second kappa shape index (κ2) is 17.2. The summed E-state index contributed by atoms with van der Waals surface area (Å²) in [6.45, 7) is 11.8. The lowest BCUT2D eigenvalue weighted by Crippen LogP contribution is -2.60. The number of ether oxygens (including phenoxy) is 3. The number of anilines is 1. The highest BCUT2D eigenvalue weighted by molar-refractivity contribution is 7.10. The highest BCUT2D eigenvalue weighted by atomic mass is 32.1. The number of cyclic esters (lactones) is 1. The van der Waals surface area contributed by atoms with Crippen LogP contribution in [0.3, 0.4) is 0 Å². The summed E-state index contributed by atoms with van der Waals surface area (Å²) >= 11 is 1.47. The van der Waals surface area contributed by atoms with Crippen LogP contribution in [0.5, 0.6) is 5.75 Å². The summed E-state index contributed by atoms with van der Waals surface area (Å²) in [5.74, 6) is -0.184. The van der Waals surface area contributed by atoms with E-state index in [9.17, 15) is 14.4 Å². The Morgan fingerprint density at radius 3 is 2.66 bits per heavy atom. The highest BCUT2D eigenvalue weighted by Crippen LogP contribution is 2.48. The minimum absolute atomic E-state index is 0.115. The predicted molar refractivity (Wildman–Crippen MR) is 246 cm³/mol. The van der Waals surface area contributed by atoms with Crippen LogP contribution >= 0.6 is 11.3 Å². The first-order chi connectivity index (χ1) is 30.9. The first kappa shape index (κ1) is 42.6. The number of aromatic nitrogens is 3. The van der Waals surface area contributed by atoms with E-state index in [-0.39, 0.29) is 42.8 Å². The van der Waals surface area contributed by atoms with E-state index in [0.29, 0.717) is 39.0 Å². The minimum atomic E-state index is -0.891. The number of hydrogen-bond acceptors (Lipinski definition) is 12. The maximum Gasteiger partial charge on any atom is 0.324 e. The summed E-state index contributed by atoms with van der Waals surface area (Å²) in [7, 11) is 3.89. The molecule has 10 rings (SSSR count). The number of carbonyl (C=O) groups excluding carboxylic acids is 3. The second-order valence-electron chi connectivity index (χ2n) is 19.0. The van der Waals surface area contributed by atoms with Crippen molar-refractivity contribution < 1.29 is 28.6 Å². The first-order valence-electron chi connectivity index (χ1n) is 22.8. The summed E-state index contributed by atoms with van der Waals surface area (Å²) < 4.78 is 21.1. The lowest BCUT2D eigenvalue weighted by Gasteiger charge is -2.35. The van der Waals surface area contributed by atoms with Crippen LogP contribution in [-0.2, 0) is 43.2 Å². The number of hydrogen-bond donors (Lipinski definition) is 2. The Morgan fingerprint density at radius 2 is 1.86 bits per heavy atom. The molecular weight excluding hydrogens is 829 g/mol. The van der Waals surface area contributed by atoms with Gasteiger partial charge in [0.15, 0.2) is 0 Å². The molecule has 3 aromatic heterocycles. The maximum absolute atomic E-state index is 14.4. The Labute approximate surface area is 378 Å². The monoisotopic (exact) mass is 886 g/mol. The molecule has 6 bridgehead atoms. The Hall–Kier alpha value is -5.35. The van der Waals surface area contributed by atoms with Gasteiger partial charge >= 0.3 is 5.97 Å². The molecule has 2 aromatic carbocycles. The standard InChI is InChI=1S/C49H58N8O6S/c1-29(61-5)43-36(22-32(26-50-43)55-16-14-54(4)15-17-55)44-37-25-49(2,3)28-63-48(60)38-12-9-13-57(53-38)47(59)39(52-46(58)35-23-33(35)30-10-7-6-8-11-30)24-42-51-40(27-64-42)31-20-34(37)45-41(21-31)62-19-18-56(44)45/h6-8,10-11,20-22,26-27,29,33,35,38-39,53H,9,12-19,23-25,28H2,1-5H3,(H,52,58)/t29-,33+,35-,38-,39-/m0/s1. The third-order valence-electron chi connectivity index (χ3n) is 13.8. The number of rotatable bonds is 7. The van der Waals surface area contributed by atoms with Crippen molar-refractivity contribution in [2.75, 3.05) is 65.0 Å². The zero-order valence-corrected chi connectivity index (χ0v) is 38.2. The van der Waals surface area contributed by atoms with Crippen LogP contribution in [0, 0.1) is 11.3 Å². The summed E-state index contributed by atoms with van der Waals surface area (Å²) in [5.41, 5.74) is 11.6. The van der Waals surface area contributed by atoms with E-state index < -0.39 is 23.5 Å². The molecule has 15 heteroatoms. The fourth-order valence-corrected chi connectivity index (χ4v) is 10.9. The van der Waals surface area contributed by atoms with Gasteiger partial charge in [-0.3, -0.25) is 24.4 Å². The number of benzene rings is 2. The van der Waals surface area contributed by atoms with Crippen LogP contribution < -0.4 is 20.4 Å². The molecule has 0 radical (unpaired) electrons. The number of methoxy groups -OCH3 is 1. The number of thiazole rings is 1. The van der Waals surface area contributed by atoms with Gasteiger partial charge in [-0.25, -0.2) is 10.4 Å². The molecule has 1 aliphatic carbocycles. The molecule has 5 aliphatic rings. The van der Waals surface area contributed by atoms with E-state index in [1.165, 1.54) is 16.3 Å². The largest absolute Gasteiger partial charge is 0.489 e. The van der Waals surface area contributed by atoms with Crippen LogP contribution in [0.15, 0.2) is 60.1 Å². The van der Waals surface area contributed by atoms with Gasteiger partial charge in [-0.1, -0.05) is 44.2 Å². The van der Waals surface area contributed by atoms with Gasteiger partial charge in [0.25, 0.3) is 5.91 Å². The van der Waals surface area contributed by atoms with E-state index in [1.807, 2.05) is 48.8 Å². The molecular formula is C49H58N8O6S. The van der Waals surface area contributed by atoms with E-state index in [0.717, 1.165) is 99.3 Å². The first-order valence-corrected chi connectivity index (χ1v) is 23.7. The molecule has 5 aromatic rings. The molecule has 2 saturated heterocycles. The molecule has 5 atom stereocenters. The summed E-state index contributed by atoms with van der Waals surface area (Å²) in [4.78, 5) is 57.3. The van der Waals surface area contributed by atoms with Crippen molar-refractivity contribution in [1.82, 2.24) is 35.2 Å². The Morgan fingerprint density at radius 1 is 1.05 bits per heavy atom. The fourth-order valence-electron chi connectivity index (χ4n) is 10.0. The topological polar surface area (TPSA) is 143 Å². The smallest absolute Gasteiger partial charge is 0.324 e. The third kappa shape index (κ3) is 8.27. The van der Waals surface area contributed by atoms with Crippen molar-refractivity contribution in [3.8, 4) is 28.3 Å². The van der Waals surface area contributed by atoms with Crippen LogP contribution in [0.1, 0.15) is 73.9 Å². The number of esters is 1. The molecule has 0 spiro atoms. The zero-order valence-electron chi connectivity index (χ0n) is 37.4. The van der Waals surface area contributed by atoms with Gasteiger partial charge in [-0.2, -0.15) is 0 Å². The molecule has 3 fully saturated rings. The average molecular weight is 887 g/mol. The van der Waals surface area contributed by atoms with Gasteiger partial charge in [-0.05, 0) is 74.9 Å². The number of piperazine rings is 1. The molecule has 64 heavy (non-hydrogen) atoms. The molecule has 7 heterocycles. The van der Waals surface area contributed by atoms with E-state index in [4.69, 9.17) is 24.2 Å². The van der Waals surface area contributed by atoms with E-state index in [1.54, 1.807) is 7.11 Å². The summed E-state index contributed by atoms with van der Waals surface area (Å²) in [6.07, 6.45) is 4.36. The molecule has 2 N–H and O–H groups in total. The van der Waals surface area contributed by atoms with Gasteiger partial charge in [0.05, 0.1) is 58.7 Å². The number of fused-ring (bicyclic) bond motifs is 6. The highest BCUT2D eigenvalue weighted by Gasteiger charge is 2.45. The molecule has 2 amide bonds. The molecule has 14 nitrogen and oxygen atoms in total. The van der Waals surface area contributed by atoms with Crippen LogP contribution in [0.25, 0.3) is 33.4 Å². The van der Waals surface area contributed by atoms with Crippen LogP contribution in [0.2, 0.25) is 0 Å². The summed E-state index contributed by atoms with van der Waals surface area (Å²) in [5, 5.41) is 8.42. The number of nitrogens with zero attached hydrogens (tertiary/aromatic N) is 6. The minimum Gasteiger partial charge on any atom is -0.489 e. The van der Waals surface area contributed by atoms with Gasteiger partial charge < -0.3 is 33.9 Å². The lowest BCUT2D eigenvalue weighted by molar-refractivity contribution is -0.155. The van der Waals surface area contributed by atoms with Crippen LogP contribution in [0.4, 0.5) is 5.69 Å². The van der Waals surface area contributed by atoms with Crippen molar-refractivity contribution in [3.63, 3.8) is 0 Å². The molecule has 0 unspecified atom stereocenters. The second-order valence-corrected chi connectivity index (χ2v) is 19.9. The van der Waals surface area contributed by atoms with Gasteiger partial charge in [-0.15, -0.1) is 11.3 Å². The Balaban J connectivity index is 1.08. The molecule has 1 saturated carbocycles. The van der Waals surface area contributed by atoms with Crippen molar-refractivity contribution in [2.24, 2.45) is 11.3 Å². The number of pyridine rings is 1. The van der Waals surface area contributed by atoms with Gasteiger partial charge in [0, 0.05) is 79.5 Å². The fraction of sp³-hybridized carbons (Fsp3) is 0.490. The van der Waals surface area contributed by atoms with Gasteiger partial charge in [0.2, 0.25) is 5.91 Å². The van der Waals surface area contributed by atoms with Crippen molar-refractivity contribution in [1.29, 1.82) is 0 Å². The maximum atomic E-state index is 14.4. The Kier molecular flexibility index (Phi) is 11.5. The van der Waals surface area contributed by atoms with Crippen molar-refractivity contribution in [2.45, 2.75) is 83.5 Å². The number of nitrogens with one attached hydrogen (secondary N) is 2. The molecule has 4 aliphatic heterocycles. The zero-order chi connectivity index (χ0) is 44.3. The quantitative estimate of drug-likeness (QED) is 0.182. The Bertz CT molecular complexity index is 2580.